The maximum absolute atomic E-state index is 5.61. The molecule has 19 heavy (non-hydrogen) atoms. The molecule has 1 N–H and O–H groups in total. The van der Waals surface area contributed by atoms with Gasteiger partial charge in [0.1, 0.15) is 10.4 Å². The van der Waals surface area contributed by atoms with Gasteiger partial charge in [-0.2, -0.15) is 0 Å². The van der Waals surface area contributed by atoms with Crippen LogP contribution < -0.4 is 4.74 Å². The Morgan fingerprint density at radius 2 is 1.63 bits per heavy atom. The number of aromatic amines is 1. The molecule has 0 aliphatic heterocycles. The molecule has 0 unspecified atom stereocenters. The summed E-state index contributed by atoms with van der Waals surface area (Å²) in [5.41, 5.74) is 2.99. The number of para-hydroxylation sites is 1. The molecule has 0 atom stereocenters. The van der Waals surface area contributed by atoms with Crippen molar-refractivity contribution in [1.29, 1.82) is 0 Å². The van der Waals surface area contributed by atoms with Gasteiger partial charge in [-0.15, -0.1) is 0 Å². The average Bonchev–Trinajstić information content (AvgIpc) is 2.46. The van der Waals surface area contributed by atoms with E-state index in [1.54, 1.807) is 7.11 Å². The smallest absolute Gasteiger partial charge is 0.138 e. The van der Waals surface area contributed by atoms with E-state index in [9.17, 15) is 0 Å². The van der Waals surface area contributed by atoms with Gasteiger partial charge in [0.25, 0.3) is 0 Å². The molecule has 0 saturated heterocycles. The SMILES string of the molecule is COc1c(-c2ccccc2)c(=S)[nH]c2ccccc12. The lowest BCUT2D eigenvalue weighted by molar-refractivity contribution is 0.421. The third-order valence-electron chi connectivity index (χ3n) is 3.14. The molecule has 1 aromatic heterocycles. The fourth-order valence-electron chi connectivity index (χ4n) is 2.29. The first-order chi connectivity index (χ1) is 9.31. The van der Waals surface area contributed by atoms with Crippen molar-refractivity contribution in [3.8, 4) is 16.9 Å². The van der Waals surface area contributed by atoms with Gasteiger partial charge in [-0.25, -0.2) is 0 Å². The van der Waals surface area contributed by atoms with Crippen molar-refractivity contribution in [3.63, 3.8) is 0 Å². The predicted molar refractivity (Wildman–Crippen MR) is 81.1 cm³/mol. The van der Waals surface area contributed by atoms with E-state index in [1.165, 1.54) is 0 Å². The van der Waals surface area contributed by atoms with Crippen LogP contribution in [-0.4, -0.2) is 12.1 Å². The van der Waals surface area contributed by atoms with E-state index in [1.807, 2.05) is 54.6 Å². The molecule has 0 fully saturated rings. The second-order valence-electron chi connectivity index (χ2n) is 4.27. The van der Waals surface area contributed by atoms with Crippen LogP contribution in [0.2, 0.25) is 0 Å². The molecule has 0 aliphatic rings. The Morgan fingerprint density at radius 1 is 0.947 bits per heavy atom. The summed E-state index contributed by atoms with van der Waals surface area (Å²) in [6.07, 6.45) is 0. The number of benzene rings is 2. The molecule has 0 aliphatic carbocycles. The third kappa shape index (κ3) is 2.02. The number of hydrogen-bond acceptors (Lipinski definition) is 2. The molecule has 0 amide bonds. The van der Waals surface area contributed by atoms with Gasteiger partial charge in [0.2, 0.25) is 0 Å². The normalized spacial score (nSPS) is 10.6. The molecule has 94 valence electrons. The fourth-order valence-corrected chi connectivity index (χ4v) is 2.61. The van der Waals surface area contributed by atoms with Gasteiger partial charge >= 0.3 is 0 Å². The summed E-state index contributed by atoms with van der Waals surface area (Å²) < 4.78 is 6.30. The van der Waals surface area contributed by atoms with Gasteiger partial charge in [-0.1, -0.05) is 54.7 Å². The molecule has 2 aromatic carbocycles. The average molecular weight is 267 g/mol. The Balaban J connectivity index is 2.42. The molecule has 0 spiro atoms. The second-order valence-corrected chi connectivity index (χ2v) is 4.68. The lowest BCUT2D eigenvalue weighted by atomic mass is 10.0. The first-order valence-corrected chi connectivity index (χ1v) is 6.46. The standard InChI is InChI=1S/C16H13NOS/c1-18-15-12-9-5-6-10-13(12)17-16(19)14(15)11-7-3-2-4-8-11/h2-10H,1H3,(H,17,19). The number of hydrogen-bond donors (Lipinski definition) is 1. The summed E-state index contributed by atoms with van der Waals surface area (Å²) in [5.74, 6) is 0.825. The maximum atomic E-state index is 5.61. The quantitative estimate of drug-likeness (QED) is 0.688. The van der Waals surface area contributed by atoms with Crippen molar-refractivity contribution in [2.24, 2.45) is 0 Å². The van der Waals surface area contributed by atoms with Gasteiger partial charge in [-0.3, -0.25) is 0 Å². The lowest BCUT2D eigenvalue weighted by Gasteiger charge is -2.12. The number of rotatable bonds is 2. The van der Waals surface area contributed by atoms with E-state index in [0.717, 1.165) is 27.8 Å². The summed E-state index contributed by atoms with van der Waals surface area (Å²) in [4.78, 5) is 3.27. The fraction of sp³-hybridized carbons (Fsp3) is 0.0625. The highest BCUT2D eigenvalue weighted by Crippen LogP contribution is 2.36. The summed E-state index contributed by atoms with van der Waals surface area (Å²) in [6, 6.07) is 18.1. The highest BCUT2D eigenvalue weighted by Gasteiger charge is 2.12. The van der Waals surface area contributed by atoms with E-state index in [2.05, 4.69) is 4.98 Å². The van der Waals surface area contributed by atoms with Crippen LogP contribution >= 0.6 is 12.2 Å². The minimum absolute atomic E-state index is 0.696. The minimum Gasteiger partial charge on any atom is -0.495 e. The van der Waals surface area contributed by atoms with Crippen molar-refractivity contribution >= 4 is 23.1 Å². The highest BCUT2D eigenvalue weighted by atomic mass is 32.1. The van der Waals surface area contributed by atoms with Crippen molar-refractivity contribution < 1.29 is 4.74 Å². The van der Waals surface area contributed by atoms with Gasteiger partial charge in [0.05, 0.1) is 18.2 Å². The summed E-state index contributed by atoms with van der Waals surface area (Å²) in [7, 11) is 1.68. The molecular weight excluding hydrogens is 254 g/mol. The first-order valence-electron chi connectivity index (χ1n) is 6.05. The largest absolute Gasteiger partial charge is 0.495 e. The topological polar surface area (TPSA) is 25.0 Å². The zero-order valence-corrected chi connectivity index (χ0v) is 11.3. The molecule has 1 heterocycles. The Kier molecular flexibility index (Phi) is 3.05. The summed E-state index contributed by atoms with van der Waals surface area (Å²) >= 11 is 5.48. The van der Waals surface area contributed by atoms with E-state index in [0.29, 0.717) is 4.64 Å². The van der Waals surface area contributed by atoms with Crippen LogP contribution in [0.5, 0.6) is 5.75 Å². The molecule has 0 radical (unpaired) electrons. The highest BCUT2D eigenvalue weighted by molar-refractivity contribution is 7.71. The van der Waals surface area contributed by atoms with Crippen LogP contribution in [0, 0.1) is 4.64 Å². The van der Waals surface area contributed by atoms with Crippen molar-refractivity contribution in [3.05, 3.63) is 59.2 Å². The number of methoxy groups -OCH3 is 1. The van der Waals surface area contributed by atoms with Crippen LogP contribution in [0.15, 0.2) is 54.6 Å². The number of ether oxygens (including phenoxy) is 1. The van der Waals surface area contributed by atoms with Crippen LogP contribution in [-0.2, 0) is 0 Å². The van der Waals surface area contributed by atoms with E-state index in [-0.39, 0.29) is 0 Å². The minimum atomic E-state index is 0.696. The van der Waals surface area contributed by atoms with Crippen molar-refractivity contribution in [2.45, 2.75) is 0 Å². The maximum Gasteiger partial charge on any atom is 0.138 e. The Hall–Kier alpha value is -2.13. The number of nitrogens with one attached hydrogen (secondary N) is 1. The van der Waals surface area contributed by atoms with Crippen molar-refractivity contribution in [2.75, 3.05) is 7.11 Å². The first kappa shape index (κ1) is 11.9. The van der Waals surface area contributed by atoms with E-state index >= 15 is 0 Å². The molecule has 3 aromatic rings. The number of pyridine rings is 1. The zero-order chi connectivity index (χ0) is 13.2. The molecular formula is C16H13NOS. The summed E-state index contributed by atoms with van der Waals surface area (Å²) in [6.45, 7) is 0. The Bertz CT molecular complexity index is 778. The van der Waals surface area contributed by atoms with Gasteiger partial charge in [0, 0.05) is 5.39 Å². The molecule has 0 bridgehead atoms. The lowest BCUT2D eigenvalue weighted by Crippen LogP contribution is -1.93. The molecule has 3 heteroatoms. The van der Waals surface area contributed by atoms with Crippen LogP contribution in [0.3, 0.4) is 0 Å². The monoisotopic (exact) mass is 267 g/mol. The third-order valence-corrected chi connectivity index (χ3v) is 3.45. The number of fused-ring (bicyclic) bond motifs is 1. The number of H-pyrrole nitrogens is 1. The summed E-state index contributed by atoms with van der Waals surface area (Å²) in [5, 5.41) is 1.04. The van der Waals surface area contributed by atoms with Crippen LogP contribution in [0.4, 0.5) is 0 Å². The van der Waals surface area contributed by atoms with Gasteiger partial charge in [-0.05, 0) is 17.7 Å². The van der Waals surface area contributed by atoms with E-state index < -0.39 is 0 Å². The van der Waals surface area contributed by atoms with Gasteiger partial charge < -0.3 is 9.72 Å². The van der Waals surface area contributed by atoms with Gasteiger partial charge in [0.15, 0.2) is 0 Å². The molecule has 2 nitrogen and oxygen atoms in total. The van der Waals surface area contributed by atoms with Crippen molar-refractivity contribution in [1.82, 2.24) is 4.98 Å². The number of aromatic nitrogens is 1. The Morgan fingerprint density at radius 3 is 2.37 bits per heavy atom. The molecule has 0 saturated carbocycles. The van der Waals surface area contributed by atoms with E-state index in [4.69, 9.17) is 17.0 Å². The van der Waals surface area contributed by atoms with Crippen LogP contribution in [0.25, 0.3) is 22.0 Å². The molecule has 3 rings (SSSR count). The second kappa shape index (κ2) is 4.86. The predicted octanol–water partition coefficient (Wildman–Crippen LogP) is 4.57. The zero-order valence-electron chi connectivity index (χ0n) is 10.5. The van der Waals surface area contributed by atoms with Crippen LogP contribution in [0.1, 0.15) is 0 Å². The Labute approximate surface area is 116 Å².